The first-order valence-corrected chi connectivity index (χ1v) is 15.2. The summed E-state index contributed by atoms with van der Waals surface area (Å²) < 4.78 is 42.5. The van der Waals surface area contributed by atoms with Gasteiger partial charge in [0.05, 0.1) is 10.6 Å². The number of carbonyl (C=O) groups excluding carboxylic acids is 2. The number of anilines is 1. The molecule has 4 aromatic carbocycles. The standard InChI is InChI=1S/C32H31ClFN3O4S/c1-2-35-32(39)30(21-24-9-5-3-6-10-24)36(22-25-13-17-27(34)18-14-25)31(38)23-37(28-11-7-4-8-12-28)42(40,41)29-19-15-26(33)16-20-29/h3-20,30H,2,21-23H2,1H3,(H,35,39)/t30-/m0/s1. The Morgan fingerprint density at radius 2 is 1.43 bits per heavy atom. The highest BCUT2D eigenvalue weighted by Gasteiger charge is 2.34. The monoisotopic (exact) mass is 607 g/mol. The van der Waals surface area contributed by atoms with Crippen molar-refractivity contribution in [3.63, 3.8) is 0 Å². The number of halogens is 2. The molecule has 1 N–H and O–H groups in total. The van der Waals surface area contributed by atoms with Gasteiger partial charge >= 0.3 is 0 Å². The Hall–Kier alpha value is -4.21. The maximum absolute atomic E-state index is 14.2. The Morgan fingerprint density at radius 1 is 0.833 bits per heavy atom. The molecule has 42 heavy (non-hydrogen) atoms. The van der Waals surface area contributed by atoms with Crippen LogP contribution in [-0.4, -0.2) is 44.3 Å². The van der Waals surface area contributed by atoms with Crippen LogP contribution in [0.4, 0.5) is 10.1 Å². The summed E-state index contributed by atoms with van der Waals surface area (Å²) in [7, 11) is -4.22. The molecule has 10 heteroatoms. The molecule has 0 bridgehead atoms. The van der Waals surface area contributed by atoms with Gasteiger partial charge in [-0.05, 0) is 66.6 Å². The zero-order valence-electron chi connectivity index (χ0n) is 23.0. The number of nitrogens with zero attached hydrogens (tertiary/aromatic N) is 2. The van der Waals surface area contributed by atoms with Crippen LogP contribution in [0, 0.1) is 5.82 Å². The molecule has 2 amide bonds. The quantitative estimate of drug-likeness (QED) is 0.232. The van der Waals surface area contributed by atoms with Gasteiger partial charge in [0.2, 0.25) is 11.8 Å². The molecule has 0 radical (unpaired) electrons. The molecule has 1 atom stereocenters. The molecular weight excluding hydrogens is 577 g/mol. The van der Waals surface area contributed by atoms with Gasteiger partial charge in [0.15, 0.2) is 0 Å². The van der Waals surface area contributed by atoms with E-state index in [0.29, 0.717) is 17.1 Å². The Bertz CT molecular complexity index is 1590. The van der Waals surface area contributed by atoms with Gasteiger partial charge in [0.25, 0.3) is 10.0 Å². The average molecular weight is 608 g/mol. The second-order valence-corrected chi connectivity index (χ2v) is 11.8. The normalized spacial score (nSPS) is 11.9. The van der Waals surface area contributed by atoms with Gasteiger partial charge < -0.3 is 10.2 Å². The predicted octanol–water partition coefficient (Wildman–Crippen LogP) is 5.45. The van der Waals surface area contributed by atoms with E-state index in [1.165, 1.54) is 53.4 Å². The van der Waals surface area contributed by atoms with E-state index >= 15 is 0 Å². The summed E-state index contributed by atoms with van der Waals surface area (Å²) in [5.74, 6) is -1.43. The van der Waals surface area contributed by atoms with E-state index in [1.807, 2.05) is 30.3 Å². The molecule has 0 heterocycles. The van der Waals surface area contributed by atoms with Gasteiger partial charge in [-0.2, -0.15) is 0 Å². The lowest BCUT2D eigenvalue weighted by molar-refractivity contribution is -0.140. The van der Waals surface area contributed by atoms with Crippen LogP contribution >= 0.6 is 11.6 Å². The number of hydrogen-bond acceptors (Lipinski definition) is 4. The summed E-state index contributed by atoms with van der Waals surface area (Å²) in [6, 6.07) is 27.8. The fourth-order valence-corrected chi connectivity index (χ4v) is 6.03. The van der Waals surface area contributed by atoms with Crippen LogP contribution in [0.25, 0.3) is 0 Å². The minimum Gasteiger partial charge on any atom is -0.355 e. The molecule has 0 aliphatic heterocycles. The number of hydrogen-bond donors (Lipinski definition) is 1. The lowest BCUT2D eigenvalue weighted by Crippen LogP contribution is -2.53. The number of benzene rings is 4. The van der Waals surface area contributed by atoms with E-state index < -0.39 is 34.3 Å². The Morgan fingerprint density at radius 3 is 2.02 bits per heavy atom. The van der Waals surface area contributed by atoms with Crippen LogP contribution in [0.5, 0.6) is 0 Å². The highest BCUT2D eigenvalue weighted by atomic mass is 35.5. The van der Waals surface area contributed by atoms with Crippen molar-refractivity contribution >= 4 is 39.1 Å². The number of rotatable bonds is 12. The SMILES string of the molecule is CCNC(=O)[C@H](Cc1ccccc1)N(Cc1ccc(F)cc1)C(=O)CN(c1ccccc1)S(=O)(=O)c1ccc(Cl)cc1. The Labute approximate surface area is 250 Å². The number of likely N-dealkylation sites (N-methyl/N-ethyl adjacent to an activating group) is 1. The highest BCUT2D eigenvalue weighted by Crippen LogP contribution is 2.26. The van der Waals surface area contributed by atoms with Gasteiger partial charge in [-0.15, -0.1) is 0 Å². The third-order valence-corrected chi connectivity index (χ3v) is 8.65. The third-order valence-electron chi connectivity index (χ3n) is 6.61. The molecule has 218 valence electrons. The Balaban J connectivity index is 1.77. The molecule has 0 aliphatic carbocycles. The molecule has 0 saturated heterocycles. The molecule has 0 aliphatic rings. The summed E-state index contributed by atoms with van der Waals surface area (Å²) in [5, 5.41) is 3.17. The van der Waals surface area contributed by atoms with Crippen LogP contribution in [0.2, 0.25) is 5.02 Å². The lowest BCUT2D eigenvalue weighted by Gasteiger charge is -2.33. The average Bonchev–Trinajstić information content (AvgIpc) is 2.99. The topological polar surface area (TPSA) is 86.8 Å². The van der Waals surface area contributed by atoms with Gasteiger partial charge in [-0.25, -0.2) is 12.8 Å². The minimum atomic E-state index is -4.22. The summed E-state index contributed by atoms with van der Waals surface area (Å²) in [5.41, 5.74) is 1.68. The van der Waals surface area contributed by atoms with Crippen molar-refractivity contribution in [2.75, 3.05) is 17.4 Å². The lowest BCUT2D eigenvalue weighted by atomic mass is 10.0. The zero-order chi connectivity index (χ0) is 30.1. The van der Waals surface area contributed by atoms with Crippen LogP contribution in [0.15, 0.2) is 114 Å². The van der Waals surface area contributed by atoms with Crippen LogP contribution in [-0.2, 0) is 32.6 Å². The molecule has 0 saturated carbocycles. The van der Waals surface area contributed by atoms with E-state index in [4.69, 9.17) is 11.6 Å². The molecular formula is C32H31ClFN3O4S. The molecule has 0 fully saturated rings. The molecule has 0 unspecified atom stereocenters. The number of amides is 2. The van der Waals surface area contributed by atoms with Crippen LogP contribution in [0.1, 0.15) is 18.1 Å². The van der Waals surface area contributed by atoms with Crippen LogP contribution in [0.3, 0.4) is 0 Å². The number of sulfonamides is 1. The van der Waals surface area contributed by atoms with Crippen molar-refractivity contribution < 1.29 is 22.4 Å². The first-order valence-electron chi connectivity index (χ1n) is 13.4. The van der Waals surface area contributed by atoms with Gasteiger partial charge in [0, 0.05) is 24.5 Å². The van der Waals surface area contributed by atoms with Gasteiger partial charge in [-0.1, -0.05) is 72.3 Å². The number of nitrogens with one attached hydrogen (secondary N) is 1. The maximum Gasteiger partial charge on any atom is 0.264 e. The summed E-state index contributed by atoms with van der Waals surface area (Å²) in [4.78, 5) is 29.0. The van der Waals surface area contributed by atoms with Crippen molar-refractivity contribution in [1.82, 2.24) is 10.2 Å². The molecule has 7 nitrogen and oxygen atoms in total. The fraction of sp³-hybridized carbons (Fsp3) is 0.188. The van der Waals surface area contributed by atoms with Crippen molar-refractivity contribution in [3.8, 4) is 0 Å². The first-order chi connectivity index (χ1) is 20.2. The first kappa shape index (κ1) is 30.7. The second-order valence-electron chi connectivity index (χ2n) is 9.55. The largest absolute Gasteiger partial charge is 0.355 e. The van der Waals surface area contributed by atoms with Crippen molar-refractivity contribution in [2.24, 2.45) is 0 Å². The minimum absolute atomic E-state index is 0.0433. The molecule has 0 spiro atoms. The van der Waals surface area contributed by atoms with E-state index in [2.05, 4.69) is 5.32 Å². The number of carbonyl (C=O) groups is 2. The Kier molecular flexibility index (Phi) is 10.3. The molecule has 4 aromatic rings. The third kappa shape index (κ3) is 7.74. The molecule has 4 rings (SSSR count). The van der Waals surface area contributed by atoms with Crippen molar-refractivity contribution in [1.29, 1.82) is 0 Å². The van der Waals surface area contributed by atoms with Crippen molar-refractivity contribution in [3.05, 3.63) is 131 Å². The maximum atomic E-state index is 14.2. The van der Waals surface area contributed by atoms with Gasteiger partial charge in [-0.3, -0.25) is 13.9 Å². The summed E-state index contributed by atoms with van der Waals surface area (Å²) >= 11 is 6.00. The summed E-state index contributed by atoms with van der Waals surface area (Å²) in [6.07, 6.45) is 0.189. The summed E-state index contributed by atoms with van der Waals surface area (Å²) in [6.45, 7) is 1.49. The second kappa shape index (κ2) is 14.1. The van der Waals surface area contributed by atoms with E-state index in [1.54, 1.807) is 37.3 Å². The smallest absolute Gasteiger partial charge is 0.264 e. The van der Waals surface area contributed by atoms with E-state index in [9.17, 15) is 22.4 Å². The fourth-order valence-electron chi connectivity index (χ4n) is 4.49. The van der Waals surface area contributed by atoms with Crippen molar-refractivity contribution in [2.45, 2.75) is 30.8 Å². The van der Waals surface area contributed by atoms with E-state index in [0.717, 1.165) is 9.87 Å². The van der Waals surface area contributed by atoms with E-state index in [-0.39, 0.29) is 29.5 Å². The molecule has 0 aromatic heterocycles. The number of para-hydroxylation sites is 1. The highest BCUT2D eigenvalue weighted by molar-refractivity contribution is 7.92. The zero-order valence-corrected chi connectivity index (χ0v) is 24.6. The van der Waals surface area contributed by atoms with Crippen LogP contribution < -0.4 is 9.62 Å². The van der Waals surface area contributed by atoms with Gasteiger partial charge in [0.1, 0.15) is 18.4 Å². The predicted molar refractivity (Wildman–Crippen MR) is 162 cm³/mol.